The molecule has 2 aliphatic rings. The highest BCUT2D eigenvalue weighted by atomic mass is 19.1. The summed E-state index contributed by atoms with van der Waals surface area (Å²) in [5.74, 6) is 0.477. The average Bonchev–Trinajstić information content (AvgIpc) is 2.88. The van der Waals surface area contributed by atoms with Gasteiger partial charge < -0.3 is 5.11 Å². The van der Waals surface area contributed by atoms with Crippen LogP contribution in [0.15, 0.2) is 18.2 Å². The van der Waals surface area contributed by atoms with Crippen LogP contribution in [0.2, 0.25) is 0 Å². The summed E-state index contributed by atoms with van der Waals surface area (Å²) in [7, 11) is 0. The first-order valence-corrected chi connectivity index (χ1v) is 6.69. The molecule has 3 rings (SSSR count). The molecular weight excluding hydrogens is 215 g/mol. The largest absolute Gasteiger partial charge is 0.385 e. The Bertz CT molecular complexity index is 423. The second-order valence-electron chi connectivity index (χ2n) is 5.69. The van der Waals surface area contributed by atoms with Crippen LogP contribution in [0.3, 0.4) is 0 Å². The van der Waals surface area contributed by atoms with Crippen LogP contribution in [0.5, 0.6) is 0 Å². The number of benzene rings is 1. The van der Waals surface area contributed by atoms with Crippen LogP contribution in [-0.4, -0.2) is 5.11 Å². The molecule has 2 heteroatoms. The summed E-state index contributed by atoms with van der Waals surface area (Å²) in [6.45, 7) is 0. The Morgan fingerprint density at radius 1 is 1.29 bits per heavy atom. The number of rotatable bonds is 2. The Morgan fingerprint density at radius 2 is 2.06 bits per heavy atom. The Labute approximate surface area is 102 Å². The normalized spacial score (nSPS) is 28.6. The molecule has 1 nitrogen and oxygen atoms in total. The maximum atomic E-state index is 13.1. The van der Waals surface area contributed by atoms with E-state index in [1.807, 2.05) is 0 Å². The maximum Gasteiger partial charge on any atom is 0.123 e. The summed E-state index contributed by atoms with van der Waals surface area (Å²) in [6.07, 6.45) is 7.55. The minimum atomic E-state index is -0.682. The monoisotopic (exact) mass is 234 g/mol. The Morgan fingerprint density at radius 3 is 2.82 bits per heavy atom. The van der Waals surface area contributed by atoms with E-state index in [2.05, 4.69) is 0 Å². The van der Waals surface area contributed by atoms with Gasteiger partial charge in [-0.25, -0.2) is 4.39 Å². The minimum absolute atomic E-state index is 0.186. The van der Waals surface area contributed by atoms with Crippen molar-refractivity contribution < 1.29 is 9.50 Å². The lowest BCUT2D eigenvalue weighted by molar-refractivity contribution is 0.0135. The minimum Gasteiger partial charge on any atom is -0.385 e. The first kappa shape index (κ1) is 11.2. The van der Waals surface area contributed by atoms with Gasteiger partial charge in [0.25, 0.3) is 0 Å². The lowest BCUT2D eigenvalue weighted by Crippen LogP contribution is -2.25. The highest BCUT2D eigenvalue weighted by Crippen LogP contribution is 2.44. The SMILES string of the molecule is OC1(CC2CCCC2)CCc2cc(F)ccc21. The molecule has 1 aromatic carbocycles. The van der Waals surface area contributed by atoms with Gasteiger partial charge in [0.2, 0.25) is 0 Å². The molecule has 0 heterocycles. The Balaban J connectivity index is 1.85. The third-order valence-electron chi connectivity index (χ3n) is 4.48. The van der Waals surface area contributed by atoms with Gasteiger partial charge in [-0.2, -0.15) is 0 Å². The van der Waals surface area contributed by atoms with Crippen molar-refractivity contribution in [3.63, 3.8) is 0 Å². The molecule has 2 aliphatic carbocycles. The molecule has 17 heavy (non-hydrogen) atoms. The van der Waals surface area contributed by atoms with Crippen LogP contribution in [0.25, 0.3) is 0 Å². The molecule has 92 valence electrons. The molecule has 1 N–H and O–H groups in total. The van der Waals surface area contributed by atoms with Gasteiger partial charge in [0.15, 0.2) is 0 Å². The van der Waals surface area contributed by atoms with E-state index in [9.17, 15) is 9.50 Å². The van der Waals surface area contributed by atoms with Gasteiger partial charge in [0, 0.05) is 0 Å². The van der Waals surface area contributed by atoms with Crippen molar-refractivity contribution in [2.45, 2.75) is 50.5 Å². The van der Waals surface area contributed by atoms with Crippen molar-refractivity contribution in [1.82, 2.24) is 0 Å². The third-order valence-corrected chi connectivity index (χ3v) is 4.48. The Hall–Kier alpha value is -0.890. The first-order chi connectivity index (χ1) is 8.17. The van der Waals surface area contributed by atoms with Crippen LogP contribution in [-0.2, 0) is 12.0 Å². The fraction of sp³-hybridized carbons (Fsp3) is 0.600. The summed E-state index contributed by atoms with van der Waals surface area (Å²) in [5.41, 5.74) is 1.30. The molecule has 1 unspecified atom stereocenters. The van der Waals surface area contributed by atoms with E-state index >= 15 is 0 Å². The molecule has 0 spiro atoms. The number of halogens is 1. The standard InChI is InChI=1S/C15H19FO/c16-13-5-6-14-12(9-13)7-8-15(14,17)10-11-3-1-2-4-11/h5-6,9,11,17H,1-4,7-8,10H2. The van der Waals surface area contributed by atoms with Crippen molar-refractivity contribution in [1.29, 1.82) is 0 Å². The fourth-order valence-electron chi connectivity index (χ4n) is 3.60. The van der Waals surface area contributed by atoms with Crippen molar-refractivity contribution in [2.75, 3.05) is 0 Å². The summed E-state index contributed by atoms with van der Waals surface area (Å²) < 4.78 is 13.1. The number of hydrogen-bond donors (Lipinski definition) is 1. The van der Waals surface area contributed by atoms with Crippen molar-refractivity contribution in [2.24, 2.45) is 5.92 Å². The average molecular weight is 234 g/mol. The van der Waals surface area contributed by atoms with Gasteiger partial charge in [0.1, 0.15) is 5.82 Å². The molecule has 1 fully saturated rings. The van der Waals surface area contributed by atoms with Gasteiger partial charge in [-0.1, -0.05) is 31.7 Å². The van der Waals surface area contributed by atoms with Crippen LogP contribution >= 0.6 is 0 Å². The zero-order valence-corrected chi connectivity index (χ0v) is 10.1. The molecule has 0 radical (unpaired) electrons. The van der Waals surface area contributed by atoms with Crippen molar-refractivity contribution >= 4 is 0 Å². The fourth-order valence-corrected chi connectivity index (χ4v) is 3.60. The van der Waals surface area contributed by atoms with E-state index in [0.29, 0.717) is 5.92 Å². The van der Waals surface area contributed by atoms with E-state index in [4.69, 9.17) is 0 Å². The number of aryl methyl sites for hydroxylation is 1. The van der Waals surface area contributed by atoms with Gasteiger partial charge in [-0.05, 0) is 48.4 Å². The predicted molar refractivity (Wildman–Crippen MR) is 65.2 cm³/mol. The quantitative estimate of drug-likeness (QED) is 0.829. The molecule has 1 aromatic rings. The van der Waals surface area contributed by atoms with Gasteiger partial charge in [-0.3, -0.25) is 0 Å². The van der Waals surface area contributed by atoms with Gasteiger partial charge in [-0.15, -0.1) is 0 Å². The highest BCUT2D eigenvalue weighted by Gasteiger charge is 2.39. The van der Waals surface area contributed by atoms with E-state index in [0.717, 1.165) is 30.4 Å². The molecule has 0 bridgehead atoms. The van der Waals surface area contributed by atoms with Crippen molar-refractivity contribution in [3.05, 3.63) is 35.1 Å². The number of hydrogen-bond acceptors (Lipinski definition) is 1. The topological polar surface area (TPSA) is 20.2 Å². The molecule has 0 amide bonds. The van der Waals surface area contributed by atoms with Crippen molar-refractivity contribution in [3.8, 4) is 0 Å². The maximum absolute atomic E-state index is 13.1. The highest BCUT2D eigenvalue weighted by molar-refractivity contribution is 5.37. The van der Waals surface area contributed by atoms with Crippen LogP contribution in [0.4, 0.5) is 4.39 Å². The molecule has 0 aliphatic heterocycles. The molecule has 0 aromatic heterocycles. The van der Waals surface area contributed by atoms with Gasteiger partial charge in [0.05, 0.1) is 5.60 Å². The number of fused-ring (bicyclic) bond motifs is 1. The zero-order chi connectivity index (χ0) is 11.9. The summed E-state index contributed by atoms with van der Waals surface area (Å²) in [4.78, 5) is 0. The smallest absolute Gasteiger partial charge is 0.123 e. The molecule has 0 saturated heterocycles. The van der Waals surface area contributed by atoms with E-state index in [1.54, 1.807) is 12.1 Å². The first-order valence-electron chi connectivity index (χ1n) is 6.69. The van der Waals surface area contributed by atoms with Crippen LogP contribution < -0.4 is 0 Å². The van der Waals surface area contributed by atoms with E-state index in [-0.39, 0.29) is 5.82 Å². The molecular formula is C15H19FO. The van der Waals surface area contributed by atoms with Crippen LogP contribution in [0, 0.1) is 11.7 Å². The lowest BCUT2D eigenvalue weighted by Gasteiger charge is -2.27. The van der Waals surface area contributed by atoms with Crippen LogP contribution in [0.1, 0.15) is 49.7 Å². The molecule has 1 atom stereocenters. The summed E-state index contributed by atoms with van der Waals surface area (Å²) in [6, 6.07) is 4.85. The van der Waals surface area contributed by atoms with E-state index < -0.39 is 5.60 Å². The lowest BCUT2D eigenvalue weighted by atomic mass is 9.85. The molecule has 1 saturated carbocycles. The van der Waals surface area contributed by atoms with E-state index in [1.165, 1.54) is 31.7 Å². The predicted octanol–water partition coefficient (Wildman–Crippen LogP) is 3.54. The second kappa shape index (κ2) is 4.09. The third kappa shape index (κ3) is 1.99. The Kier molecular flexibility index (Phi) is 2.70. The zero-order valence-electron chi connectivity index (χ0n) is 10.1. The second-order valence-corrected chi connectivity index (χ2v) is 5.69. The van der Waals surface area contributed by atoms with Gasteiger partial charge >= 0.3 is 0 Å². The summed E-state index contributed by atoms with van der Waals surface area (Å²) >= 11 is 0. The summed E-state index contributed by atoms with van der Waals surface area (Å²) in [5, 5.41) is 10.8. The number of aliphatic hydroxyl groups is 1.